The summed E-state index contributed by atoms with van der Waals surface area (Å²) in [6.07, 6.45) is 1.45. The molecular weight excluding hydrogens is 396 g/mol. The molecule has 0 heterocycles. The van der Waals surface area contributed by atoms with Gasteiger partial charge in [-0.1, -0.05) is 24.3 Å². The molecule has 2 rings (SSSR count). The fraction of sp³-hybridized carbons (Fsp3) is 0.200. The summed E-state index contributed by atoms with van der Waals surface area (Å²) in [6.45, 7) is 3.16. The van der Waals surface area contributed by atoms with Gasteiger partial charge in [-0.3, -0.25) is 9.10 Å². The second-order valence-corrected chi connectivity index (χ2v) is 7.64. The molecule has 0 unspecified atom stereocenters. The first-order chi connectivity index (χ1) is 13.8. The van der Waals surface area contributed by atoms with E-state index in [4.69, 9.17) is 9.47 Å². The van der Waals surface area contributed by atoms with E-state index in [1.165, 1.54) is 44.5 Å². The molecule has 1 N–H and O–H groups in total. The van der Waals surface area contributed by atoms with Gasteiger partial charge >= 0.3 is 5.97 Å². The van der Waals surface area contributed by atoms with Gasteiger partial charge in [0.25, 0.3) is 15.9 Å². The number of ether oxygens (including phenoxy) is 2. The minimum atomic E-state index is -4.05. The van der Waals surface area contributed by atoms with Crippen LogP contribution in [0.15, 0.2) is 66.1 Å². The summed E-state index contributed by atoms with van der Waals surface area (Å²) in [4.78, 5) is 23.3. The zero-order valence-electron chi connectivity index (χ0n) is 16.1. The molecule has 0 aliphatic carbocycles. The average Bonchev–Trinajstić information content (AvgIpc) is 2.75. The van der Waals surface area contributed by atoms with Gasteiger partial charge in [-0.15, -0.1) is 6.58 Å². The third kappa shape index (κ3) is 5.14. The first kappa shape index (κ1) is 22.0. The van der Waals surface area contributed by atoms with Crippen LogP contribution < -0.4 is 14.4 Å². The number of nitrogens with zero attached hydrogens (tertiary/aromatic N) is 1. The number of amides is 1. The lowest BCUT2D eigenvalue weighted by Gasteiger charge is -2.25. The van der Waals surface area contributed by atoms with Gasteiger partial charge in [-0.2, -0.15) is 0 Å². The topological polar surface area (TPSA) is 102 Å². The number of hydrogen-bond donors (Lipinski definition) is 1. The first-order valence-corrected chi connectivity index (χ1v) is 10.0. The van der Waals surface area contributed by atoms with Crippen LogP contribution in [-0.4, -0.2) is 47.6 Å². The molecule has 0 aliphatic heterocycles. The van der Waals surface area contributed by atoms with Gasteiger partial charge in [-0.05, 0) is 30.3 Å². The molecule has 2 aromatic carbocycles. The Hall–Kier alpha value is -3.33. The minimum absolute atomic E-state index is 0.00590. The van der Waals surface area contributed by atoms with Crippen molar-refractivity contribution in [2.24, 2.45) is 0 Å². The minimum Gasteiger partial charge on any atom is -0.495 e. The number of carbonyl (C=O) groups excluding carboxylic acids is 2. The number of sulfonamides is 1. The van der Waals surface area contributed by atoms with Crippen molar-refractivity contribution in [2.75, 3.05) is 31.6 Å². The number of nitrogens with one attached hydrogen (secondary N) is 1. The Kier molecular flexibility index (Phi) is 7.38. The number of rotatable bonds is 9. The fourth-order valence-electron chi connectivity index (χ4n) is 2.48. The van der Waals surface area contributed by atoms with Crippen LogP contribution in [0.4, 0.5) is 5.69 Å². The highest BCUT2D eigenvalue weighted by Crippen LogP contribution is 2.32. The van der Waals surface area contributed by atoms with Gasteiger partial charge in [0, 0.05) is 7.05 Å². The van der Waals surface area contributed by atoms with Gasteiger partial charge in [0.15, 0.2) is 6.61 Å². The third-order valence-electron chi connectivity index (χ3n) is 3.92. The van der Waals surface area contributed by atoms with E-state index in [1.54, 1.807) is 24.3 Å². The fourth-order valence-corrected chi connectivity index (χ4v) is 3.97. The first-order valence-electron chi connectivity index (χ1n) is 8.59. The molecule has 8 nitrogen and oxygen atoms in total. The molecule has 0 atom stereocenters. The Bertz CT molecular complexity index is 1000. The van der Waals surface area contributed by atoms with Gasteiger partial charge in [0.05, 0.1) is 29.8 Å². The summed E-state index contributed by atoms with van der Waals surface area (Å²) in [5, 5.41) is 2.33. The lowest BCUT2D eigenvalue weighted by atomic mass is 10.2. The van der Waals surface area contributed by atoms with Crippen LogP contribution in [0.5, 0.6) is 5.75 Å². The molecular formula is C20H22N2O6S. The van der Waals surface area contributed by atoms with Crippen molar-refractivity contribution in [3.63, 3.8) is 0 Å². The summed E-state index contributed by atoms with van der Waals surface area (Å²) in [5.74, 6) is -0.910. The Morgan fingerprint density at radius 3 is 2.55 bits per heavy atom. The van der Waals surface area contributed by atoms with Crippen molar-refractivity contribution < 1.29 is 27.5 Å². The normalized spacial score (nSPS) is 10.7. The molecule has 9 heteroatoms. The smallest absolute Gasteiger partial charge is 0.338 e. The van der Waals surface area contributed by atoms with E-state index in [1.807, 2.05) is 0 Å². The molecule has 2 aromatic rings. The van der Waals surface area contributed by atoms with E-state index >= 15 is 0 Å². The van der Waals surface area contributed by atoms with Crippen molar-refractivity contribution in [1.29, 1.82) is 0 Å². The van der Waals surface area contributed by atoms with E-state index in [0.717, 1.165) is 4.31 Å². The SMILES string of the molecule is C=CCN(c1ccccc1OC)S(=O)(=O)c1cccc(C(=O)OCC(=O)NC)c1. The molecule has 1 amide bonds. The molecule has 0 saturated heterocycles. The number of carbonyl (C=O) groups is 2. The van der Waals surface area contributed by atoms with E-state index in [2.05, 4.69) is 11.9 Å². The maximum atomic E-state index is 13.3. The molecule has 29 heavy (non-hydrogen) atoms. The number of hydrogen-bond acceptors (Lipinski definition) is 6. The standard InChI is InChI=1S/C20H22N2O6S/c1-4-12-22(17-10-5-6-11-18(17)27-3)29(25,26)16-9-7-8-15(13-16)20(24)28-14-19(23)21-2/h4-11,13H,1,12,14H2,2-3H3,(H,21,23). The van der Waals surface area contributed by atoms with Crippen molar-refractivity contribution in [1.82, 2.24) is 5.32 Å². The van der Waals surface area contributed by atoms with E-state index in [-0.39, 0.29) is 17.0 Å². The van der Waals surface area contributed by atoms with Crippen molar-refractivity contribution in [3.05, 3.63) is 66.7 Å². The quantitative estimate of drug-likeness (QED) is 0.494. The summed E-state index contributed by atoms with van der Waals surface area (Å²) < 4.78 is 37.9. The van der Waals surface area contributed by atoms with Crippen LogP contribution in [-0.2, 0) is 19.6 Å². The highest BCUT2D eigenvalue weighted by Gasteiger charge is 2.27. The summed E-state index contributed by atoms with van der Waals surface area (Å²) in [6, 6.07) is 12.1. The maximum absolute atomic E-state index is 13.3. The number of methoxy groups -OCH3 is 1. The zero-order valence-corrected chi connectivity index (χ0v) is 16.9. The summed E-state index contributed by atoms with van der Waals surface area (Å²) in [5.41, 5.74) is 0.344. The Morgan fingerprint density at radius 1 is 1.17 bits per heavy atom. The van der Waals surface area contributed by atoms with Crippen molar-refractivity contribution in [3.8, 4) is 5.75 Å². The van der Waals surface area contributed by atoms with Gasteiger partial charge in [0.2, 0.25) is 0 Å². The highest BCUT2D eigenvalue weighted by molar-refractivity contribution is 7.92. The third-order valence-corrected chi connectivity index (χ3v) is 5.70. The number of para-hydroxylation sites is 2. The van der Waals surface area contributed by atoms with Crippen LogP contribution in [0, 0.1) is 0 Å². The molecule has 0 spiro atoms. The lowest BCUT2D eigenvalue weighted by molar-refractivity contribution is -0.123. The van der Waals surface area contributed by atoms with Crippen LogP contribution in [0.2, 0.25) is 0 Å². The Labute approximate surface area is 169 Å². The van der Waals surface area contributed by atoms with Gasteiger partial charge in [-0.25, -0.2) is 13.2 Å². The average molecular weight is 418 g/mol. The highest BCUT2D eigenvalue weighted by atomic mass is 32.2. The largest absolute Gasteiger partial charge is 0.495 e. The molecule has 0 bridgehead atoms. The molecule has 0 aliphatic rings. The molecule has 0 fully saturated rings. The predicted molar refractivity (Wildman–Crippen MR) is 109 cm³/mol. The lowest BCUT2D eigenvalue weighted by Crippen LogP contribution is -2.31. The number of benzene rings is 2. The molecule has 0 aromatic heterocycles. The van der Waals surface area contributed by atoms with Crippen LogP contribution in [0.1, 0.15) is 10.4 Å². The van der Waals surface area contributed by atoms with Crippen LogP contribution >= 0.6 is 0 Å². The van der Waals surface area contributed by atoms with E-state index in [9.17, 15) is 18.0 Å². The van der Waals surface area contributed by atoms with Crippen LogP contribution in [0.25, 0.3) is 0 Å². The second-order valence-electron chi connectivity index (χ2n) is 5.77. The van der Waals surface area contributed by atoms with E-state index in [0.29, 0.717) is 11.4 Å². The van der Waals surface area contributed by atoms with Gasteiger partial charge in [0.1, 0.15) is 5.75 Å². The monoisotopic (exact) mass is 418 g/mol. The zero-order chi connectivity index (χ0) is 21.4. The van der Waals surface area contributed by atoms with Crippen molar-refractivity contribution in [2.45, 2.75) is 4.90 Å². The maximum Gasteiger partial charge on any atom is 0.338 e. The summed E-state index contributed by atoms with van der Waals surface area (Å²) >= 11 is 0. The van der Waals surface area contributed by atoms with Crippen LogP contribution in [0.3, 0.4) is 0 Å². The van der Waals surface area contributed by atoms with Gasteiger partial charge < -0.3 is 14.8 Å². The molecule has 154 valence electrons. The Morgan fingerprint density at radius 2 is 1.90 bits per heavy atom. The predicted octanol–water partition coefficient (Wildman–Crippen LogP) is 1.98. The summed E-state index contributed by atoms with van der Waals surface area (Å²) in [7, 11) is -1.19. The molecule has 0 radical (unpaired) electrons. The number of likely N-dealkylation sites (N-methyl/N-ethyl adjacent to an activating group) is 1. The second kappa shape index (κ2) is 9.74. The Balaban J connectivity index is 2.41. The molecule has 0 saturated carbocycles. The number of anilines is 1. The van der Waals surface area contributed by atoms with Crippen molar-refractivity contribution >= 4 is 27.6 Å². The number of esters is 1. The van der Waals surface area contributed by atoms with E-state index < -0.39 is 28.5 Å².